The average Bonchev–Trinajstić information content (AvgIpc) is 2.64. The van der Waals surface area contributed by atoms with Crippen LogP contribution in [0.15, 0.2) is 54.6 Å². The molecule has 3 aromatic rings. The van der Waals surface area contributed by atoms with Gasteiger partial charge in [0.25, 0.3) is 0 Å². The second-order valence-corrected chi connectivity index (χ2v) is 6.26. The first-order chi connectivity index (χ1) is 12.9. The molecular weight excluding hydrogens is 345 g/mol. The Balaban J connectivity index is 2.08. The Kier molecular flexibility index (Phi) is 5.12. The van der Waals surface area contributed by atoms with Gasteiger partial charge >= 0.3 is 0 Å². The SMILES string of the molecule is COc1ccc(C)c(-c2cccc(-c3ccc(NC(C)=O)c(F)c3)c2O)c1. The fraction of sp³-hybridized carbons (Fsp3) is 0.136. The molecule has 27 heavy (non-hydrogen) atoms. The molecule has 2 N–H and O–H groups in total. The van der Waals surface area contributed by atoms with Crippen LogP contribution in [-0.4, -0.2) is 18.1 Å². The molecule has 0 atom stereocenters. The summed E-state index contributed by atoms with van der Waals surface area (Å²) in [6, 6.07) is 15.4. The average molecular weight is 365 g/mol. The number of anilines is 1. The number of aromatic hydroxyl groups is 1. The number of phenols is 1. The largest absolute Gasteiger partial charge is 0.507 e. The smallest absolute Gasteiger partial charge is 0.221 e. The summed E-state index contributed by atoms with van der Waals surface area (Å²) in [5.41, 5.74) is 3.57. The number of carbonyl (C=O) groups is 1. The highest BCUT2D eigenvalue weighted by molar-refractivity contribution is 5.90. The maximum absolute atomic E-state index is 14.3. The van der Waals surface area contributed by atoms with Crippen LogP contribution in [0.25, 0.3) is 22.3 Å². The summed E-state index contributed by atoms with van der Waals surface area (Å²) in [5, 5.41) is 13.3. The summed E-state index contributed by atoms with van der Waals surface area (Å²) in [4.78, 5) is 11.1. The number of methoxy groups -OCH3 is 1. The molecular formula is C22H20FNO3. The molecule has 0 saturated heterocycles. The van der Waals surface area contributed by atoms with Gasteiger partial charge in [0.15, 0.2) is 0 Å². The van der Waals surface area contributed by atoms with Gasteiger partial charge in [0.05, 0.1) is 12.8 Å². The van der Waals surface area contributed by atoms with E-state index in [0.29, 0.717) is 22.4 Å². The van der Waals surface area contributed by atoms with Crippen LogP contribution in [0.5, 0.6) is 11.5 Å². The second-order valence-electron chi connectivity index (χ2n) is 6.26. The summed E-state index contributed by atoms with van der Waals surface area (Å²) >= 11 is 0. The Morgan fingerprint density at radius 1 is 1.04 bits per heavy atom. The van der Waals surface area contributed by atoms with E-state index in [1.165, 1.54) is 19.1 Å². The van der Waals surface area contributed by atoms with Crippen molar-refractivity contribution in [2.75, 3.05) is 12.4 Å². The van der Waals surface area contributed by atoms with Crippen molar-refractivity contribution in [3.8, 4) is 33.8 Å². The van der Waals surface area contributed by atoms with Crippen LogP contribution in [0.3, 0.4) is 0 Å². The van der Waals surface area contributed by atoms with Gasteiger partial charge in [-0.3, -0.25) is 4.79 Å². The summed E-state index contributed by atoms with van der Waals surface area (Å²) in [6.07, 6.45) is 0. The molecule has 0 aliphatic heterocycles. The number of aryl methyl sites for hydroxylation is 1. The van der Waals surface area contributed by atoms with E-state index in [9.17, 15) is 14.3 Å². The number of para-hydroxylation sites is 1. The number of hydrogen-bond donors (Lipinski definition) is 2. The minimum absolute atomic E-state index is 0.0560. The predicted molar refractivity (Wildman–Crippen MR) is 105 cm³/mol. The Bertz CT molecular complexity index is 1010. The van der Waals surface area contributed by atoms with Gasteiger partial charge in [-0.15, -0.1) is 0 Å². The molecule has 0 aliphatic carbocycles. The maximum atomic E-state index is 14.3. The summed E-state index contributed by atoms with van der Waals surface area (Å²) in [5.74, 6) is -0.170. The van der Waals surface area contributed by atoms with Crippen LogP contribution < -0.4 is 10.1 Å². The standard InChI is InChI=1S/C22H20FNO3/c1-13-7-9-16(27-3)12-19(13)18-6-4-5-17(22(18)26)15-8-10-21(20(23)11-15)24-14(2)25/h4-12,26H,1-3H3,(H,24,25). The van der Waals surface area contributed by atoms with Crippen LogP contribution in [0.2, 0.25) is 0 Å². The zero-order valence-corrected chi connectivity index (χ0v) is 15.3. The predicted octanol–water partition coefficient (Wildman–Crippen LogP) is 5.14. The first-order valence-electron chi connectivity index (χ1n) is 8.45. The van der Waals surface area contributed by atoms with Crippen molar-refractivity contribution in [3.05, 3.63) is 66.0 Å². The minimum atomic E-state index is -0.565. The quantitative estimate of drug-likeness (QED) is 0.673. The van der Waals surface area contributed by atoms with Crippen molar-refractivity contribution in [1.29, 1.82) is 0 Å². The van der Waals surface area contributed by atoms with Gasteiger partial charge < -0.3 is 15.2 Å². The monoisotopic (exact) mass is 365 g/mol. The van der Waals surface area contributed by atoms with Crippen molar-refractivity contribution in [2.45, 2.75) is 13.8 Å². The van der Waals surface area contributed by atoms with Crippen molar-refractivity contribution in [2.24, 2.45) is 0 Å². The van der Waals surface area contributed by atoms with Crippen LogP contribution in [0, 0.1) is 12.7 Å². The molecule has 0 saturated carbocycles. The van der Waals surface area contributed by atoms with Crippen molar-refractivity contribution in [3.63, 3.8) is 0 Å². The van der Waals surface area contributed by atoms with Crippen LogP contribution >= 0.6 is 0 Å². The Labute approximate surface area is 157 Å². The molecule has 4 nitrogen and oxygen atoms in total. The molecule has 138 valence electrons. The van der Waals surface area contributed by atoms with Crippen LogP contribution in [0.1, 0.15) is 12.5 Å². The lowest BCUT2D eigenvalue weighted by Gasteiger charge is -2.14. The first-order valence-corrected chi connectivity index (χ1v) is 8.45. The maximum Gasteiger partial charge on any atom is 0.221 e. The van der Waals surface area contributed by atoms with E-state index in [1.54, 1.807) is 19.2 Å². The number of rotatable bonds is 4. The number of hydrogen-bond acceptors (Lipinski definition) is 3. The summed E-state index contributed by atoms with van der Waals surface area (Å²) < 4.78 is 19.6. The van der Waals surface area contributed by atoms with Gasteiger partial charge in [-0.25, -0.2) is 4.39 Å². The van der Waals surface area contributed by atoms with Gasteiger partial charge in [-0.05, 0) is 47.9 Å². The fourth-order valence-corrected chi connectivity index (χ4v) is 2.99. The summed E-state index contributed by atoms with van der Waals surface area (Å²) in [7, 11) is 1.59. The van der Waals surface area contributed by atoms with Gasteiger partial charge in [0, 0.05) is 18.1 Å². The molecule has 0 aromatic heterocycles. The number of benzene rings is 3. The fourth-order valence-electron chi connectivity index (χ4n) is 2.99. The third-order valence-electron chi connectivity index (χ3n) is 4.36. The van der Waals surface area contributed by atoms with E-state index in [-0.39, 0.29) is 17.3 Å². The number of ether oxygens (including phenoxy) is 1. The lowest BCUT2D eigenvalue weighted by Crippen LogP contribution is -2.07. The molecule has 0 spiro atoms. The molecule has 0 bridgehead atoms. The normalized spacial score (nSPS) is 10.5. The van der Waals surface area contributed by atoms with Gasteiger partial charge in [0.1, 0.15) is 17.3 Å². The summed E-state index contributed by atoms with van der Waals surface area (Å²) in [6.45, 7) is 3.27. The van der Waals surface area contributed by atoms with Crippen LogP contribution in [-0.2, 0) is 4.79 Å². The minimum Gasteiger partial charge on any atom is -0.507 e. The molecule has 3 rings (SSSR count). The van der Waals surface area contributed by atoms with E-state index in [0.717, 1.165) is 11.1 Å². The number of carbonyl (C=O) groups excluding carboxylic acids is 1. The van der Waals surface area contributed by atoms with Gasteiger partial charge in [0.2, 0.25) is 5.91 Å². The lowest BCUT2D eigenvalue weighted by molar-refractivity contribution is -0.114. The van der Waals surface area contributed by atoms with Crippen molar-refractivity contribution in [1.82, 2.24) is 0 Å². The van der Waals surface area contributed by atoms with Crippen LogP contribution in [0.4, 0.5) is 10.1 Å². The van der Waals surface area contributed by atoms with E-state index < -0.39 is 5.82 Å². The molecule has 5 heteroatoms. The molecule has 0 heterocycles. The highest BCUT2D eigenvalue weighted by Gasteiger charge is 2.15. The van der Waals surface area contributed by atoms with Crippen molar-refractivity contribution >= 4 is 11.6 Å². The first kappa shape index (κ1) is 18.5. The molecule has 1 amide bonds. The second kappa shape index (κ2) is 7.50. The molecule has 0 fully saturated rings. The zero-order chi connectivity index (χ0) is 19.6. The number of amides is 1. The van der Waals surface area contributed by atoms with Crippen molar-refractivity contribution < 1.29 is 19.0 Å². The number of halogens is 1. The topological polar surface area (TPSA) is 58.6 Å². The highest BCUT2D eigenvalue weighted by atomic mass is 19.1. The Hall–Kier alpha value is -3.34. The number of nitrogens with one attached hydrogen (secondary N) is 1. The van der Waals surface area contributed by atoms with Gasteiger partial charge in [-0.2, -0.15) is 0 Å². The van der Waals surface area contributed by atoms with Gasteiger partial charge in [-0.1, -0.05) is 30.3 Å². The molecule has 0 aliphatic rings. The Morgan fingerprint density at radius 2 is 1.78 bits per heavy atom. The lowest BCUT2D eigenvalue weighted by atomic mass is 9.94. The van der Waals surface area contributed by atoms with E-state index in [1.807, 2.05) is 37.3 Å². The van der Waals surface area contributed by atoms with E-state index in [2.05, 4.69) is 5.32 Å². The third-order valence-corrected chi connectivity index (χ3v) is 4.36. The molecule has 3 aromatic carbocycles. The zero-order valence-electron chi connectivity index (χ0n) is 15.3. The highest BCUT2D eigenvalue weighted by Crippen LogP contribution is 2.40. The Morgan fingerprint density at radius 3 is 2.44 bits per heavy atom. The van der Waals surface area contributed by atoms with E-state index in [4.69, 9.17) is 4.74 Å². The third kappa shape index (κ3) is 3.77. The number of phenolic OH excluding ortho intramolecular Hbond substituents is 1. The molecule has 0 radical (unpaired) electrons. The van der Waals surface area contributed by atoms with E-state index >= 15 is 0 Å². The molecule has 0 unspecified atom stereocenters.